The van der Waals surface area contributed by atoms with Gasteiger partial charge in [0.05, 0.1) is 31.9 Å². The summed E-state index contributed by atoms with van der Waals surface area (Å²) in [7, 11) is -2.35. The molecule has 0 radical (unpaired) electrons. The molecule has 0 atom stereocenters. The van der Waals surface area contributed by atoms with E-state index in [1.165, 1.54) is 7.11 Å². The zero-order valence-corrected chi connectivity index (χ0v) is 20.1. The minimum Gasteiger partial charge on any atom is -0.496 e. The number of amides is 1. The third-order valence-electron chi connectivity index (χ3n) is 6.35. The number of carbonyl (C=O) groups excluding carboxylic acids is 1. The molecule has 1 saturated carbocycles. The molecule has 0 spiro atoms. The molecule has 0 unspecified atom stereocenters. The summed E-state index contributed by atoms with van der Waals surface area (Å²) >= 11 is 0. The Morgan fingerprint density at radius 1 is 1.06 bits per heavy atom. The van der Waals surface area contributed by atoms with Gasteiger partial charge >= 0.3 is 0 Å². The van der Waals surface area contributed by atoms with Crippen LogP contribution in [0.1, 0.15) is 41.6 Å². The van der Waals surface area contributed by atoms with Crippen LogP contribution in [0.2, 0.25) is 0 Å². The molecule has 3 rings (SSSR count). The largest absolute Gasteiger partial charge is 0.496 e. The first-order valence-corrected chi connectivity index (χ1v) is 12.8. The van der Waals surface area contributed by atoms with Crippen LogP contribution in [-0.4, -0.2) is 63.5 Å². The maximum absolute atomic E-state index is 12.9. The van der Waals surface area contributed by atoms with Crippen LogP contribution < -0.4 is 19.5 Å². The average Bonchev–Trinajstić information content (AvgIpc) is 2.87. The summed E-state index contributed by atoms with van der Waals surface area (Å²) in [5, 5.41) is 21.4. The fourth-order valence-electron chi connectivity index (χ4n) is 4.43. The molecular formula is C24H33N3O6S. The predicted molar refractivity (Wildman–Crippen MR) is 129 cm³/mol. The van der Waals surface area contributed by atoms with E-state index in [4.69, 9.17) is 14.9 Å². The summed E-state index contributed by atoms with van der Waals surface area (Å²) in [5.74, 6) is 0.280. The second kappa shape index (κ2) is 11.8. The van der Waals surface area contributed by atoms with Crippen molar-refractivity contribution < 1.29 is 28.2 Å². The molecule has 0 bridgehead atoms. The first-order valence-electron chi connectivity index (χ1n) is 11.3. The Balaban J connectivity index is 1.70. The van der Waals surface area contributed by atoms with Crippen LogP contribution in [0, 0.1) is 0 Å². The van der Waals surface area contributed by atoms with Crippen molar-refractivity contribution >= 4 is 16.1 Å². The van der Waals surface area contributed by atoms with Gasteiger partial charge in [0.1, 0.15) is 5.75 Å². The van der Waals surface area contributed by atoms with Crippen LogP contribution >= 0.6 is 0 Å². The lowest BCUT2D eigenvalue weighted by molar-refractivity contribution is 0.0932. The number of para-hydroxylation sites is 1. The number of nitrogens with one attached hydrogen (secondary N) is 3. The minimum absolute atomic E-state index is 0.223. The zero-order valence-electron chi connectivity index (χ0n) is 19.2. The summed E-state index contributed by atoms with van der Waals surface area (Å²) in [6, 6.07) is 15.7. The summed E-state index contributed by atoms with van der Waals surface area (Å²) in [6.07, 6.45) is 2.48. The van der Waals surface area contributed by atoms with Crippen LogP contribution in [-0.2, 0) is 15.6 Å². The van der Waals surface area contributed by atoms with E-state index in [9.17, 15) is 13.2 Å². The number of rotatable bonds is 11. The Hall–Kier alpha value is -2.50. The fourth-order valence-corrected chi connectivity index (χ4v) is 5.76. The molecule has 186 valence electrons. The average molecular weight is 492 g/mol. The summed E-state index contributed by atoms with van der Waals surface area (Å²) in [6.45, 7) is -0.584. The summed E-state index contributed by atoms with van der Waals surface area (Å²) < 4.78 is 34.9. The van der Waals surface area contributed by atoms with Crippen molar-refractivity contribution in [3.05, 3.63) is 65.7 Å². The Labute approximate surface area is 200 Å². The third-order valence-corrected chi connectivity index (χ3v) is 7.64. The number of benzene rings is 2. The van der Waals surface area contributed by atoms with Gasteiger partial charge < -0.3 is 20.3 Å². The quantitative estimate of drug-likeness (QED) is 0.319. The highest BCUT2D eigenvalue weighted by atomic mass is 32.2. The van der Waals surface area contributed by atoms with Gasteiger partial charge in [-0.1, -0.05) is 42.5 Å². The highest BCUT2D eigenvalue weighted by molar-refractivity contribution is 7.87. The summed E-state index contributed by atoms with van der Waals surface area (Å²) in [4.78, 5) is 12.9. The molecule has 1 aliphatic rings. The van der Waals surface area contributed by atoms with Gasteiger partial charge in [0.25, 0.3) is 16.1 Å². The second-order valence-electron chi connectivity index (χ2n) is 8.60. The molecule has 9 nitrogen and oxygen atoms in total. The Bertz CT molecular complexity index is 1040. The van der Waals surface area contributed by atoms with E-state index >= 15 is 0 Å². The molecule has 34 heavy (non-hydrogen) atoms. The summed E-state index contributed by atoms with van der Waals surface area (Å²) in [5.41, 5.74) is 1.21. The molecule has 1 amide bonds. The predicted octanol–water partition coefficient (Wildman–Crippen LogP) is 1.08. The van der Waals surface area contributed by atoms with Gasteiger partial charge in [-0.15, -0.1) is 0 Å². The van der Waals surface area contributed by atoms with Gasteiger partial charge in [0.2, 0.25) is 0 Å². The van der Waals surface area contributed by atoms with E-state index in [1.807, 2.05) is 36.4 Å². The van der Waals surface area contributed by atoms with Gasteiger partial charge in [-0.25, -0.2) is 0 Å². The maximum Gasteiger partial charge on any atom is 0.277 e. The van der Waals surface area contributed by atoms with Crippen LogP contribution in [0.15, 0.2) is 54.6 Å². The smallest absolute Gasteiger partial charge is 0.277 e. The SMILES string of the molecule is COc1ccccc1C(=O)NC[C@]1(c2ccccc2)CC[C@H](NS(=O)(=O)NC(CO)CO)CC1. The molecule has 2 aromatic carbocycles. The number of aliphatic hydroxyl groups is 2. The molecule has 0 aromatic heterocycles. The van der Waals surface area contributed by atoms with E-state index in [0.717, 1.165) is 5.56 Å². The van der Waals surface area contributed by atoms with Crippen LogP contribution in [0.25, 0.3) is 0 Å². The van der Waals surface area contributed by atoms with Gasteiger partial charge in [-0.2, -0.15) is 17.9 Å². The first kappa shape index (κ1) is 26.1. The van der Waals surface area contributed by atoms with Crippen molar-refractivity contribution in [2.45, 2.75) is 43.2 Å². The van der Waals surface area contributed by atoms with E-state index in [0.29, 0.717) is 43.5 Å². The maximum atomic E-state index is 12.9. The van der Waals surface area contributed by atoms with E-state index in [-0.39, 0.29) is 17.4 Å². The lowest BCUT2D eigenvalue weighted by atomic mass is 9.68. The molecular weight excluding hydrogens is 458 g/mol. The van der Waals surface area contributed by atoms with E-state index in [1.54, 1.807) is 18.2 Å². The Morgan fingerprint density at radius 2 is 1.68 bits per heavy atom. The fraction of sp³-hybridized carbons (Fsp3) is 0.458. The molecule has 0 aliphatic heterocycles. The zero-order chi connectivity index (χ0) is 24.6. The Morgan fingerprint density at radius 3 is 2.29 bits per heavy atom. The number of carbonyl (C=O) groups is 1. The molecule has 1 aliphatic carbocycles. The van der Waals surface area contributed by atoms with Crippen molar-refractivity contribution in [3.8, 4) is 5.75 Å². The normalized spacial score (nSPS) is 20.8. The van der Waals surface area contributed by atoms with Gasteiger partial charge in [0.15, 0.2) is 0 Å². The van der Waals surface area contributed by atoms with Crippen molar-refractivity contribution in [2.24, 2.45) is 0 Å². The molecule has 10 heteroatoms. The third kappa shape index (κ3) is 6.55. The van der Waals surface area contributed by atoms with Gasteiger partial charge in [0, 0.05) is 18.0 Å². The highest BCUT2D eigenvalue weighted by Gasteiger charge is 2.38. The number of methoxy groups -OCH3 is 1. The number of ether oxygens (including phenoxy) is 1. The molecule has 5 N–H and O–H groups in total. The van der Waals surface area contributed by atoms with Crippen molar-refractivity contribution in [1.29, 1.82) is 0 Å². The number of hydrogen-bond donors (Lipinski definition) is 5. The first-order chi connectivity index (χ1) is 16.3. The lowest BCUT2D eigenvalue weighted by Gasteiger charge is -2.41. The monoisotopic (exact) mass is 491 g/mol. The van der Waals surface area contributed by atoms with Crippen LogP contribution in [0.3, 0.4) is 0 Å². The topological polar surface area (TPSA) is 137 Å². The van der Waals surface area contributed by atoms with Crippen molar-refractivity contribution in [3.63, 3.8) is 0 Å². The number of aliphatic hydroxyl groups excluding tert-OH is 2. The number of hydrogen-bond acceptors (Lipinski definition) is 6. The van der Waals surface area contributed by atoms with E-state index < -0.39 is 29.5 Å². The second-order valence-corrected chi connectivity index (χ2v) is 10.1. The van der Waals surface area contributed by atoms with Gasteiger partial charge in [-0.3, -0.25) is 4.79 Å². The molecule has 0 heterocycles. The molecule has 1 fully saturated rings. The van der Waals surface area contributed by atoms with Crippen LogP contribution in [0.4, 0.5) is 0 Å². The molecule has 2 aromatic rings. The Kier molecular flexibility index (Phi) is 9.03. The highest BCUT2D eigenvalue weighted by Crippen LogP contribution is 2.39. The lowest BCUT2D eigenvalue weighted by Crippen LogP contribution is -2.52. The van der Waals surface area contributed by atoms with Crippen LogP contribution in [0.5, 0.6) is 5.75 Å². The van der Waals surface area contributed by atoms with Crippen molar-refractivity contribution in [1.82, 2.24) is 14.8 Å². The standard InChI is InChI=1S/C24H33N3O6S/c1-33-22-10-6-5-9-21(22)23(30)25-17-24(18-7-3-2-4-8-18)13-11-19(12-14-24)26-34(31,32)27-20(15-28)16-29/h2-10,19-20,26-29H,11-17H2,1H3,(H,25,30)/t19-,24-. The minimum atomic E-state index is -3.88. The van der Waals surface area contributed by atoms with Gasteiger partial charge in [-0.05, 0) is 43.4 Å². The van der Waals surface area contributed by atoms with Crippen molar-refractivity contribution in [2.75, 3.05) is 26.9 Å². The molecule has 0 saturated heterocycles. The van der Waals surface area contributed by atoms with E-state index in [2.05, 4.69) is 14.8 Å².